The summed E-state index contributed by atoms with van der Waals surface area (Å²) in [6.45, 7) is 5.21. The predicted molar refractivity (Wildman–Crippen MR) is 131 cm³/mol. The van der Waals surface area contributed by atoms with Gasteiger partial charge < -0.3 is 4.90 Å². The van der Waals surface area contributed by atoms with Crippen molar-refractivity contribution in [1.29, 1.82) is 0 Å². The molecule has 1 aliphatic heterocycles. The van der Waals surface area contributed by atoms with Gasteiger partial charge in [-0.2, -0.15) is 5.10 Å². The molecule has 0 spiro atoms. The van der Waals surface area contributed by atoms with Gasteiger partial charge in [0.2, 0.25) is 0 Å². The van der Waals surface area contributed by atoms with Gasteiger partial charge in [0.1, 0.15) is 5.69 Å². The third-order valence-corrected chi connectivity index (χ3v) is 6.26. The van der Waals surface area contributed by atoms with Crippen LogP contribution in [0.1, 0.15) is 16.7 Å². The first-order chi connectivity index (χ1) is 15.7. The van der Waals surface area contributed by atoms with Crippen LogP contribution in [0.3, 0.4) is 0 Å². The number of rotatable bonds is 3. The second-order valence-electron chi connectivity index (χ2n) is 8.53. The van der Waals surface area contributed by atoms with Crippen molar-refractivity contribution in [2.45, 2.75) is 20.3 Å². The second kappa shape index (κ2) is 7.34. The van der Waals surface area contributed by atoms with Gasteiger partial charge in [-0.3, -0.25) is 0 Å². The van der Waals surface area contributed by atoms with Crippen LogP contribution in [0.25, 0.3) is 28.0 Å². The van der Waals surface area contributed by atoms with Crippen molar-refractivity contribution in [3.05, 3.63) is 102 Å². The molecule has 3 aromatic carbocycles. The highest BCUT2D eigenvalue weighted by molar-refractivity contribution is 6.04. The number of nitrogens with zero attached hydrogens (tertiary/aromatic N) is 4. The number of benzene rings is 3. The Bertz CT molecular complexity index is 1430. The summed E-state index contributed by atoms with van der Waals surface area (Å²) in [5, 5.41) is 6.23. The van der Waals surface area contributed by atoms with Crippen LogP contribution in [0.5, 0.6) is 0 Å². The van der Waals surface area contributed by atoms with Crippen molar-refractivity contribution in [1.82, 2.24) is 14.8 Å². The fourth-order valence-electron chi connectivity index (χ4n) is 4.66. The predicted octanol–water partition coefficient (Wildman–Crippen LogP) is 6.40. The van der Waals surface area contributed by atoms with E-state index in [1.807, 2.05) is 29.1 Å². The van der Waals surface area contributed by atoms with E-state index >= 15 is 0 Å². The molecule has 4 heteroatoms. The Hall–Kier alpha value is -3.92. The van der Waals surface area contributed by atoms with Crippen LogP contribution >= 0.6 is 0 Å². The molecule has 6 rings (SSSR count). The lowest BCUT2D eigenvalue weighted by Gasteiger charge is -2.21. The van der Waals surface area contributed by atoms with E-state index in [0.717, 1.165) is 40.9 Å². The van der Waals surface area contributed by atoms with Crippen molar-refractivity contribution < 1.29 is 0 Å². The molecular formula is C28H24N4. The van der Waals surface area contributed by atoms with Crippen molar-refractivity contribution in [3.63, 3.8) is 0 Å². The lowest BCUT2D eigenvalue weighted by molar-refractivity contribution is 0.900. The molecule has 4 nitrogen and oxygen atoms in total. The molecule has 0 atom stereocenters. The summed E-state index contributed by atoms with van der Waals surface area (Å²) in [7, 11) is 0. The molecule has 0 aliphatic carbocycles. The summed E-state index contributed by atoms with van der Waals surface area (Å²) < 4.78 is 1.98. The summed E-state index contributed by atoms with van der Waals surface area (Å²) in [6.07, 6.45) is 3.02. The van der Waals surface area contributed by atoms with Crippen LogP contribution in [0, 0.1) is 13.8 Å². The van der Waals surface area contributed by atoms with Crippen molar-refractivity contribution in [2.75, 3.05) is 11.4 Å². The molecule has 32 heavy (non-hydrogen) atoms. The Kier molecular flexibility index (Phi) is 4.32. The van der Waals surface area contributed by atoms with Gasteiger partial charge in [-0.1, -0.05) is 60.2 Å². The Morgan fingerprint density at radius 3 is 2.34 bits per heavy atom. The number of aryl methyl sites for hydroxylation is 2. The Morgan fingerprint density at radius 1 is 0.781 bits per heavy atom. The highest BCUT2D eigenvalue weighted by Gasteiger charge is 2.28. The van der Waals surface area contributed by atoms with Gasteiger partial charge in [-0.05, 0) is 55.7 Å². The number of fused-ring (bicyclic) bond motifs is 3. The average Bonchev–Trinajstić information content (AvgIpc) is 3.42. The summed E-state index contributed by atoms with van der Waals surface area (Å²) in [5.74, 6) is 0. The van der Waals surface area contributed by atoms with Crippen LogP contribution in [0.15, 0.2) is 85.1 Å². The van der Waals surface area contributed by atoms with Crippen LogP contribution in [0.2, 0.25) is 0 Å². The third-order valence-electron chi connectivity index (χ3n) is 6.26. The zero-order valence-corrected chi connectivity index (χ0v) is 18.3. The van der Waals surface area contributed by atoms with Gasteiger partial charge in [0.15, 0.2) is 5.65 Å². The van der Waals surface area contributed by atoms with Gasteiger partial charge in [-0.25, -0.2) is 9.67 Å². The smallest absolute Gasteiger partial charge is 0.165 e. The van der Waals surface area contributed by atoms with Crippen LogP contribution in [-0.2, 0) is 6.42 Å². The third kappa shape index (κ3) is 2.99. The quantitative estimate of drug-likeness (QED) is 0.341. The SMILES string of the molecule is Cc1ccc(-c2nn(-c3ccccc3)c3ncc4c(c23)N(c2cccc(C)c2)CC4)cc1. The maximum absolute atomic E-state index is 5.11. The molecule has 0 amide bonds. The lowest BCUT2D eigenvalue weighted by atomic mass is 10.0. The van der Waals surface area contributed by atoms with Gasteiger partial charge in [-0.15, -0.1) is 0 Å². The molecule has 0 bridgehead atoms. The van der Waals surface area contributed by atoms with E-state index in [2.05, 4.69) is 79.4 Å². The molecule has 0 saturated carbocycles. The average molecular weight is 417 g/mol. The molecule has 5 aromatic rings. The Morgan fingerprint density at radius 2 is 1.56 bits per heavy atom. The monoisotopic (exact) mass is 416 g/mol. The van der Waals surface area contributed by atoms with Gasteiger partial charge in [0.05, 0.1) is 16.8 Å². The van der Waals surface area contributed by atoms with Crippen molar-refractivity contribution in [2.24, 2.45) is 0 Å². The zero-order chi connectivity index (χ0) is 21.7. The Labute approximate surface area is 187 Å². The van der Waals surface area contributed by atoms with Gasteiger partial charge in [0.25, 0.3) is 0 Å². The molecular weight excluding hydrogens is 392 g/mol. The zero-order valence-electron chi connectivity index (χ0n) is 18.3. The van der Waals surface area contributed by atoms with E-state index in [1.54, 1.807) is 0 Å². The second-order valence-corrected chi connectivity index (χ2v) is 8.53. The minimum atomic E-state index is 0.894. The van der Waals surface area contributed by atoms with E-state index in [1.165, 1.54) is 28.1 Å². The molecule has 0 fully saturated rings. The standard InChI is InChI=1S/C28H24N4/c1-19-11-13-21(14-12-19)26-25-27-22(15-16-31(27)24-10-6-7-20(2)17-24)18-29-28(25)32(30-26)23-8-4-3-5-9-23/h3-14,17-18H,15-16H2,1-2H3. The highest BCUT2D eigenvalue weighted by Crippen LogP contribution is 2.43. The molecule has 0 N–H and O–H groups in total. The van der Waals surface area contributed by atoms with E-state index in [-0.39, 0.29) is 0 Å². The van der Waals surface area contributed by atoms with E-state index in [9.17, 15) is 0 Å². The maximum Gasteiger partial charge on any atom is 0.165 e. The van der Waals surface area contributed by atoms with Gasteiger partial charge in [0, 0.05) is 24.0 Å². The summed E-state index contributed by atoms with van der Waals surface area (Å²) in [4.78, 5) is 7.34. The number of aromatic nitrogens is 3. The maximum atomic E-state index is 5.11. The number of pyridine rings is 1. The molecule has 0 radical (unpaired) electrons. The Balaban J connectivity index is 1.66. The molecule has 3 heterocycles. The number of hydrogen-bond donors (Lipinski definition) is 0. The minimum absolute atomic E-state index is 0.894. The normalized spacial score (nSPS) is 13.0. The van der Waals surface area contributed by atoms with E-state index in [4.69, 9.17) is 10.1 Å². The number of para-hydroxylation sites is 1. The topological polar surface area (TPSA) is 34.0 Å². The van der Waals surface area contributed by atoms with E-state index < -0.39 is 0 Å². The number of hydrogen-bond acceptors (Lipinski definition) is 3. The number of anilines is 2. The molecule has 1 aliphatic rings. The molecule has 0 saturated heterocycles. The minimum Gasteiger partial charge on any atom is -0.340 e. The first-order valence-corrected chi connectivity index (χ1v) is 11.1. The largest absolute Gasteiger partial charge is 0.340 e. The van der Waals surface area contributed by atoms with Crippen LogP contribution in [-0.4, -0.2) is 21.3 Å². The summed E-state index contributed by atoms with van der Waals surface area (Å²) in [5.41, 5.74) is 10.2. The van der Waals surface area contributed by atoms with E-state index in [0.29, 0.717) is 0 Å². The molecule has 156 valence electrons. The molecule has 2 aromatic heterocycles. The highest BCUT2D eigenvalue weighted by atomic mass is 15.3. The fraction of sp³-hybridized carbons (Fsp3) is 0.143. The fourth-order valence-corrected chi connectivity index (χ4v) is 4.66. The summed E-state index contributed by atoms with van der Waals surface area (Å²) in [6, 6.07) is 27.6. The summed E-state index contributed by atoms with van der Waals surface area (Å²) >= 11 is 0. The van der Waals surface area contributed by atoms with Crippen LogP contribution < -0.4 is 4.90 Å². The van der Waals surface area contributed by atoms with Crippen LogP contribution in [0.4, 0.5) is 11.4 Å². The first kappa shape index (κ1) is 18.8. The van der Waals surface area contributed by atoms with Crippen molar-refractivity contribution >= 4 is 22.4 Å². The van der Waals surface area contributed by atoms with Gasteiger partial charge >= 0.3 is 0 Å². The van der Waals surface area contributed by atoms with Crippen molar-refractivity contribution in [3.8, 4) is 16.9 Å². The molecule has 0 unspecified atom stereocenters. The lowest BCUT2D eigenvalue weighted by Crippen LogP contribution is -2.13. The first-order valence-electron chi connectivity index (χ1n) is 11.1.